The number of piperidine rings is 1. The van der Waals surface area contributed by atoms with E-state index in [4.69, 9.17) is 9.47 Å². The topological polar surface area (TPSA) is 102 Å². The fourth-order valence-electron chi connectivity index (χ4n) is 4.77. The molecule has 1 aromatic carbocycles. The van der Waals surface area contributed by atoms with Crippen LogP contribution in [-0.4, -0.2) is 51.9 Å². The van der Waals surface area contributed by atoms with Crippen molar-refractivity contribution in [3.63, 3.8) is 0 Å². The Kier molecular flexibility index (Phi) is 8.13. The van der Waals surface area contributed by atoms with Crippen LogP contribution in [0.1, 0.15) is 64.9 Å². The average molecular weight is 521 g/mol. The number of fused-ring (bicyclic) bond motifs is 1. The lowest BCUT2D eigenvalue weighted by Crippen LogP contribution is -2.35. The number of rotatable bonds is 8. The van der Waals surface area contributed by atoms with Crippen LogP contribution in [0.25, 0.3) is 0 Å². The van der Waals surface area contributed by atoms with Gasteiger partial charge >= 0.3 is 5.97 Å². The van der Waals surface area contributed by atoms with Crippen molar-refractivity contribution in [1.29, 1.82) is 0 Å². The van der Waals surface area contributed by atoms with Crippen LogP contribution >= 0.6 is 11.3 Å². The zero-order valence-corrected chi connectivity index (χ0v) is 21.9. The van der Waals surface area contributed by atoms with Gasteiger partial charge in [0.25, 0.3) is 0 Å². The molecule has 0 unspecified atom stereocenters. The summed E-state index contributed by atoms with van der Waals surface area (Å²) in [5.74, 6) is -0.144. The highest BCUT2D eigenvalue weighted by atomic mass is 32.2. The molecule has 0 atom stereocenters. The second-order valence-electron chi connectivity index (χ2n) is 8.89. The van der Waals surface area contributed by atoms with Crippen molar-refractivity contribution >= 4 is 38.2 Å². The van der Waals surface area contributed by atoms with Gasteiger partial charge in [-0.3, -0.25) is 4.79 Å². The number of amides is 1. The van der Waals surface area contributed by atoms with E-state index in [0.29, 0.717) is 41.4 Å². The highest BCUT2D eigenvalue weighted by Gasteiger charge is 2.28. The minimum Gasteiger partial charge on any atom is -0.496 e. The summed E-state index contributed by atoms with van der Waals surface area (Å²) in [7, 11) is -0.720. The largest absolute Gasteiger partial charge is 0.496 e. The second-order valence-corrected chi connectivity index (χ2v) is 11.9. The first kappa shape index (κ1) is 25.7. The third-order valence-corrected chi connectivity index (χ3v) is 9.74. The maximum Gasteiger partial charge on any atom is 0.341 e. The number of hydrogen-bond donors (Lipinski definition) is 1. The summed E-state index contributed by atoms with van der Waals surface area (Å²) in [5.41, 5.74) is 2.10. The minimum absolute atomic E-state index is 0.118. The van der Waals surface area contributed by atoms with E-state index >= 15 is 0 Å². The molecule has 1 N–H and O–H groups in total. The van der Waals surface area contributed by atoms with Crippen molar-refractivity contribution in [2.75, 3.05) is 32.6 Å². The summed E-state index contributed by atoms with van der Waals surface area (Å²) in [4.78, 5) is 26.6. The highest BCUT2D eigenvalue weighted by Crippen LogP contribution is 2.38. The van der Waals surface area contributed by atoms with Crippen molar-refractivity contribution in [3.8, 4) is 5.75 Å². The van der Waals surface area contributed by atoms with Crippen LogP contribution < -0.4 is 10.1 Å². The number of aryl methyl sites for hydroxylation is 2. The summed E-state index contributed by atoms with van der Waals surface area (Å²) in [6.45, 7) is 1.05. The third-order valence-electron chi connectivity index (χ3n) is 6.64. The second kappa shape index (κ2) is 11.1. The lowest BCUT2D eigenvalue weighted by Gasteiger charge is -2.26. The molecule has 1 amide bonds. The van der Waals surface area contributed by atoms with Crippen LogP contribution in [0.15, 0.2) is 23.1 Å². The number of ether oxygens (including phenoxy) is 2. The fraction of sp³-hybridized carbons (Fsp3) is 0.520. The van der Waals surface area contributed by atoms with Gasteiger partial charge in [0, 0.05) is 24.4 Å². The van der Waals surface area contributed by atoms with Crippen molar-refractivity contribution < 1.29 is 27.5 Å². The van der Waals surface area contributed by atoms with E-state index in [0.717, 1.165) is 55.4 Å². The van der Waals surface area contributed by atoms with Gasteiger partial charge in [0.2, 0.25) is 15.9 Å². The number of hydrogen-bond acceptors (Lipinski definition) is 7. The first-order chi connectivity index (χ1) is 16.8. The third kappa shape index (κ3) is 5.54. The van der Waals surface area contributed by atoms with Gasteiger partial charge in [0.15, 0.2) is 0 Å². The van der Waals surface area contributed by atoms with Gasteiger partial charge in [0.1, 0.15) is 10.8 Å². The number of methoxy groups -OCH3 is 2. The van der Waals surface area contributed by atoms with Crippen LogP contribution in [0.3, 0.4) is 0 Å². The quantitative estimate of drug-likeness (QED) is 0.524. The number of nitrogens with zero attached hydrogens (tertiary/aromatic N) is 1. The predicted molar refractivity (Wildman–Crippen MR) is 135 cm³/mol. The molecule has 2 heterocycles. The molecule has 0 bridgehead atoms. The van der Waals surface area contributed by atoms with E-state index in [1.165, 1.54) is 29.9 Å². The Balaban J connectivity index is 1.50. The molecule has 190 valence electrons. The lowest BCUT2D eigenvalue weighted by atomic mass is 9.95. The van der Waals surface area contributed by atoms with Gasteiger partial charge < -0.3 is 14.8 Å². The predicted octanol–water partition coefficient (Wildman–Crippen LogP) is 4.17. The Morgan fingerprint density at radius 1 is 1.06 bits per heavy atom. The molecule has 10 heteroatoms. The van der Waals surface area contributed by atoms with E-state index in [-0.39, 0.29) is 17.2 Å². The number of esters is 1. The molecule has 4 rings (SSSR count). The van der Waals surface area contributed by atoms with E-state index < -0.39 is 16.0 Å². The van der Waals surface area contributed by atoms with Crippen molar-refractivity contribution in [2.24, 2.45) is 0 Å². The van der Waals surface area contributed by atoms with Gasteiger partial charge in [-0.2, -0.15) is 4.31 Å². The van der Waals surface area contributed by atoms with Gasteiger partial charge in [-0.15, -0.1) is 11.3 Å². The summed E-state index contributed by atoms with van der Waals surface area (Å²) >= 11 is 1.44. The Morgan fingerprint density at radius 3 is 2.51 bits per heavy atom. The molecular weight excluding hydrogens is 488 g/mol. The maximum absolute atomic E-state index is 13.1. The first-order valence-corrected chi connectivity index (χ1v) is 14.3. The fourth-order valence-corrected chi connectivity index (χ4v) is 7.64. The number of nitrogens with one attached hydrogen (secondary N) is 1. The number of carbonyl (C=O) groups is 2. The first-order valence-electron chi connectivity index (χ1n) is 12.0. The molecule has 1 fully saturated rings. The normalized spacial score (nSPS) is 16.4. The monoisotopic (exact) mass is 520 g/mol. The minimum atomic E-state index is -3.59. The van der Waals surface area contributed by atoms with Gasteiger partial charge in [-0.05, 0) is 74.3 Å². The number of benzene rings is 1. The molecule has 2 aromatic rings. The molecule has 2 aliphatic rings. The van der Waals surface area contributed by atoms with E-state index in [2.05, 4.69) is 5.32 Å². The van der Waals surface area contributed by atoms with Gasteiger partial charge in [-0.1, -0.05) is 6.42 Å². The van der Waals surface area contributed by atoms with E-state index in [1.54, 1.807) is 18.2 Å². The van der Waals surface area contributed by atoms with Crippen LogP contribution in [0.4, 0.5) is 5.00 Å². The number of anilines is 1. The smallest absolute Gasteiger partial charge is 0.341 e. The molecule has 0 spiro atoms. The maximum atomic E-state index is 13.1. The van der Waals surface area contributed by atoms with Crippen molar-refractivity contribution in [2.45, 2.75) is 62.7 Å². The zero-order valence-electron chi connectivity index (χ0n) is 20.2. The summed E-state index contributed by atoms with van der Waals surface area (Å²) in [6, 6.07) is 4.82. The molecule has 1 aliphatic carbocycles. The number of sulfonamides is 1. The molecule has 8 nitrogen and oxygen atoms in total. The SMILES string of the molecule is COC(=O)c1c(NC(=O)CCc2cc(S(=O)(=O)N3CCCCC3)ccc2OC)sc2c1CCCC2. The molecule has 0 radical (unpaired) electrons. The molecule has 35 heavy (non-hydrogen) atoms. The average Bonchev–Trinajstić information content (AvgIpc) is 3.25. The molecule has 1 saturated heterocycles. The van der Waals surface area contributed by atoms with Crippen molar-refractivity contribution in [1.82, 2.24) is 4.31 Å². The van der Waals surface area contributed by atoms with Crippen LogP contribution in [-0.2, 0) is 38.8 Å². The summed E-state index contributed by atoms with van der Waals surface area (Å²) < 4.78 is 38.2. The molecular formula is C25H32N2O6S2. The van der Waals surface area contributed by atoms with E-state index in [9.17, 15) is 18.0 Å². The van der Waals surface area contributed by atoms with Gasteiger partial charge in [-0.25, -0.2) is 13.2 Å². The van der Waals surface area contributed by atoms with Crippen LogP contribution in [0.5, 0.6) is 5.75 Å². The lowest BCUT2D eigenvalue weighted by molar-refractivity contribution is -0.116. The Bertz CT molecular complexity index is 1200. The highest BCUT2D eigenvalue weighted by molar-refractivity contribution is 7.89. The molecule has 0 saturated carbocycles. The Labute approximate surface area is 210 Å². The molecule has 1 aliphatic heterocycles. The van der Waals surface area contributed by atoms with Crippen LogP contribution in [0, 0.1) is 0 Å². The Hall–Kier alpha value is -2.43. The Morgan fingerprint density at radius 2 is 1.80 bits per heavy atom. The standard InChI is InChI=1S/C25H32N2O6S2/c1-32-20-12-11-18(35(30,31)27-14-6-3-7-15-27)16-17(20)10-13-22(28)26-24-23(25(29)33-2)19-8-4-5-9-21(19)34-24/h11-12,16H,3-10,13-15H2,1-2H3,(H,26,28). The number of carbonyl (C=O) groups excluding carboxylic acids is 2. The van der Waals surface area contributed by atoms with Crippen LogP contribution in [0.2, 0.25) is 0 Å². The summed E-state index contributed by atoms with van der Waals surface area (Å²) in [5, 5.41) is 3.43. The number of thiophene rings is 1. The van der Waals surface area contributed by atoms with Gasteiger partial charge in [0.05, 0.1) is 24.7 Å². The molecule has 1 aromatic heterocycles. The zero-order chi connectivity index (χ0) is 25.0. The van der Waals surface area contributed by atoms with E-state index in [1.807, 2.05) is 0 Å². The summed E-state index contributed by atoms with van der Waals surface area (Å²) in [6.07, 6.45) is 6.97. The van der Waals surface area contributed by atoms with Crippen molar-refractivity contribution in [3.05, 3.63) is 39.8 Å².